The van der Waals surface area contributed by atoms with Gasteiger partial charge in [-0.2, -0.15) is 0 Å². The minimum absolute atomic E-state index is 0.00359. The highest BCUT2D eigenvalue weighted by Gasteiger charge is 2.18. The van der Waals surface area contributed by atoms with Crippen LogP contribution in [0.4, 0.5) is 17.6 Å². The molecule has 1 unspecified atom stereocenters. The molecule has 2 nitrogen and oxygen atoms in total. The fourth-order valence-corrected chi connectivity index (χ4v) is 1.65. The Morgan fingerprint density at radius 2 is 1.83 bits per heavy atom. The van der Waals surface area contributed by atoms with Gasteiger partial charge in [0, 0.05) is 18.2 Å². The number of nitrogens with one attached hydrogen (secondary N) is 1. The van der Waals surface area contributed by atoms with Crippen LogP contribution in [0, 0.1) is 11.6 Å². The van der Waals surface area contributed by atoms with Crippen molar-refractivity contribution < 1.29 is 22.3 Å². The first-order chi connectivity index (χ1) is 8.56. The summed E-state index contributed by atoms with van der Waals surface area (Å²) in [5, 5.41) is 2.74. The molecule has 1 N–H and O–H groups in total. The Labute approximate surface area is 103 Å². The molecule has 1 atom stereocenters. The molecule has 1 aromatic carbocycles. The quantitative estimate of drug-likeness (QED) is 0.604. The predicted octanol–water partition coefficient (Wildman–Crippen LogP) is 2.90. The van der Waals surface area contributed by atoms with Crippen molar-refractivity contribution in [3.8, 4) is 0 Å². The molecule has 18 heavy (non-hydrogen) atoms. The van der Waals surface area contributed by atoms with Gasteiger partial charge in [-0.05, 0) is 25.6 Å². The number of alkyl halides is 2. The number of hydrogen-bond acceptors (Lipinski definition) is 2. The lowest BCUT2D eigenvalue weighted by molar-refractivity contribution is 0.0144. The minimum atomic E-state index is -2.54. The molecule has 0 fully saturated rings. The third-order valence-corrected chi connectivity index (χ3v) is 2.49. The summed E-state index contributed by atoms with van der Waals surface area (Å²) in [6.45, 7) is -0.667. The molecule has 0 bridgehead atoms. The lowest BCUT2D eigenvalue weighted by atomic mass is 10.0. The Bertz CT molecular complexity index is 353. The largest absolute Gasteiger partial charge is 0.375 e. The normalized spacial score (nSPS) is 13.0. The zero-order valence-electron chi connectivity index (χ0n) is 9.93. The monoisotopic (exact) mass is 265 g/mol. The summed E-state index contributed by atoms with van der Waals surface area (Å²) in [7, 11) is 1.55. The smallest absolute Gasteiger partial charge is 0.261 e. The Kier molecular flexibility index (Phi) is 6.07. The molecule has 0 aliphatic carbocycles. The van der Waals surface area contributed by atoms with Crippen molar-refractivity contribution in [3.63, 3.8) is 0 Å². The molecule has 1 aromatic rings. The van der Waals surface area contributed by atoms with Crippen LogP contribution in [-0.4, -0.2) is 26.7 Å². The van der Waals surface area contributed by atoms with Crippen molar-refractivity contribution in [2.75, 3.05) is 20.3 Å². The molecule has 0 aliphatic heterocycles. The van der Waals surface area contributed by atoms with E-state index in [-0.39, 0.29) is 18.6 Å². The second-order valence-corrected chi connectivity index (χ2v) is 3.73. The van der Waals surface area contributed by atoms with E-state index in [0.717, 1.165) is 12.1 Å². The van der Waals surface area contributed by atoms with Crippen LogP contribution in [-0.2, 0) is 4.74 Å². The van der Waals surface area contributed by atoms with Crippen molar-refractivity contribution >= 4 is 0 Å². The fourth-order valence-electron chi connectivity index (χ4n) is 1.65. The molecule has 0 saturated carbocycles. The fraction of sp³-hybridized carbons (Fsp3) is 0.500. The number of rotatable bonds is 7. The number of halogens is 4. The average Bonchev–Trinajstić information content (AvgIpc) is 2.31. The lowest BCUT2D eigenvalue weighted by Gasteiger charge is -2.18. The molecule has 0 radical (unpaired) electrons. The third kappa shape index (κ3) is 4.27. The summed E-state index contributed by atoms with van der Waals surface area (Å²) >= 11 is 0. The Morgan fingerprint density at radius 3 is 2.33 bits per heavy atom. The first-order valence-corrected chi connectivity index (χ1v) is 5.53. The van der Waals surface area contributed by atoms with Gasteiger partial charge in [0.2, 0.25) is 0 Å². The second-order valence-electron chi connectivity index (χ2n) is 3.73. The predicted molar refractivity (Wildman–Crippen MR) is 59.6 cm³/mol. The minimum Gasteiger partial charge on any atom is -0.375 e. The van der Waals surface area contributed by atoms with E-state index in [1.807, 2.05) is 0 Å². The summed E-state index contributed by atoms with van der Waals surface area (Å²) in [5.74, 6) is -1.33. The van der Waals surface area contributed by atoms with Gasteiger partial charge < -0.3 is 10.1 Å². The van der Waals surface area contributed by atoms with E-state index in [0.29, 0.717) is 0 Å². The highest BCUT2D eigenvalue weighted by molar-refractivity contribution is 5.23. The standard InChI is InChI=1S/C12H15F4NO/c1-17-10(5-6-18-7-11(15)16)12-8(13)3-2-4-9(12)14/h2-4,10-11,17H,5-7H2,1H3. The van der Waals surface area contributed by atoms with Crippen molar-refractivity contribution in [2.24, 2.45) is 0 Å². The third-order valence-electron chi connectivity index (χ3n) is 2.49. The second kappa shape index (κ2) is 7.33. The average molecular weight is 265 g/mol. The van der Waals surface area contributed by atoms with Crippen molar-refractivity contribution in [1.29, 1.82) is 0 Å². The molecule has 1 rings (SSSR count). The summed E-state index contributed by atoms with van der Waals surface area (Å²) in [6.07, 6.45) is -2.33. The Balaban J connectivity index is 2.60. The van der Waals surface area contributed by atoms with Crippen LogP contribution in [0.1, 0.15) is 18.0 Å². The van der Waals surface area contributed by atoms with E-state index < -0.39 is 30.7 Å². The van der Waals surface area contributed by atoms with Gasteiger partial charge in [-0.15, -0.1) is 0 Å². The number of benzene rings is 1. The van der Waals surface area contributed by atoms with E-state index >= 15 is 0 Å². The van der Waals surface area contributed by atoms with Crippen LogP contribution in [0.15, 0.2) is 18.2 Å². The van der Waals surface area contributed by atoms with Crippen LogP contribution in [0.3, 0.4) is 0 Å². The summed E-state index contributed by atoms with van der Waals surface area (Å²) in [6, 6.07) is 2.98. The first kappa shape index (κ1) is 14.9. The Morgan fingerprint density at radius 1 is 1.22 bits per heavy atom. The molecular weight excluding hydrogens is 250 g/mol. The summed E-state index contributed by atoms with van der Waals surface area (Å²) in [5.41, 5.74) is -0.0966. The van der Waals surface area contributed by atoms with Crippen LogP contribution in [0.5, 0.6) is 0 Å². The van der Waals surface area contributed by atoms with E-state index in [1.165, 1.54) is 6.07 Å². The maximum absolute atomic E-state index is 13.5. The molecule has 0 heterocycles. The van der Waals surface area contributed by atoms with Gasteiger partial charge in [0.25, 0.3) is 6.43 Å². The van der Waals surface area contributed by atoms with Gasteiger partial charge in [-0.25, -0.2) is 17.6 Å². The molecule has 0 amide bonds. The molecule has 0 saturated heterocycles. The van der Waals surface area contributed by atoms with E-state index in [2.05, 4.69) is 5.32 Å². The van der Waals surface area contributed by atoms with Crippen molar-refractivity contribution in [3.05, 3.63) is 35.4 Å². The first-order valence-electron chi connectivity index (χ1n) is 5.53. The molecule has 0 aliphatic rings. The number of ether oxygens (including phenoxy) is 1. The van der Waals surface area contributed by atoms with Crippen LogP contribution in [0.2, 0.25) is 0 Å². The van der Waals surface area contributed by atoms with Gasteiger partial charge in [-0.1, -0.05) is 6.07 Å². The summed E-state index contributed by atoms with van der Waals surface area (Å²) in [4.78, 5) is 0. The zero-order chi connectivity index (χ0) is 13.5. The highest BCUT2D eigenvalue weighted by atomic mass is 19.3. The lowest BCUT2D eigenvalue weighted by Crippen LogP contribution is -2.21. The van der Waals surface area contributed by atoms with Crippen molar-refractivity contribution in [1.82, 2.24) is 5.32 Å². The molecular formula is C12H15F4NO. The van der Waals surface area contributed by atoms with E-state index in [9.17, 15) is 17.6 Å². The van der Waals surface area contributed by atoms with Gasteiger partial charge in [0.05, 0.1) is 0 Å². The van der Waals surface area contributed by atoms with Gasteiger partial charge in [0.15, 0.2) is 0 Å². The maximum atomic E-state index is 13.5. The summed E-state index contributed by atoms with van der Waals surface area (Å²) < 4.78 is 55.3. The van der Waals surface area contributed by atoms with Gasteiger partial charge >= 0.3 is 0 Å². The van der Waals surface area contributed by atoms with Crippen LogP contribution >= 0.6 is 0 Å². The van der Waals surface area contributed by atoms with E-state index in [1.54, 1.807) is 7.05 Å². The molecule has 0 spiro atoms. The van der Waals surface area contributed by atoms with Crippen molar-refractivity contribution in [2.45, 2.75) is 18.9 Å². The number of hydrogen-bond donors (Lipinski definition) is 1. The van der Waals surface area contributed by atoms with Crippen LogP contribution in [0.25, 0.3) is 0 Å². The molecule has 102 valence electrons. The van der Waals surface area contributed by atoms with Crippen LogP contribution < -0.4 is 5.32 Å². The Hall–Kier alpha value is -1.14. The van der Waals surface area contributed by atoms with E-state index in [4.69, 9.17) is 4.74 Å². The maximum Gasteiger partial charge on any atom is 0.261 e. The zero-order valence-corrected chi connectivity index (χ0v) is 9.93. The van der Waals surface area contributed by atoms with Gasteiger partial charge in [-0.3, -0.25) is 0 Å². The topological polar surface area (TPSA) is 21.3 Å². The molecule has 6 heteroatoms. The SMILES string of the molecule is CNC(CCOCC(F)F)c1c(F)cccc1F. The molecule has 0 aromatic heterocycles. The van der Waals surface area contributed by atoms with Gasteiger partial charge in [0.1, 0.15) is 18.2 Å². The highest BCUT2D eigenvalue weighted by Crippen LogP contribution is 2.23.